The molecule has 1 saturated carbocycles. The number of benzene rings is 1. The molecule has 110 valence electrons. The maximum atomic E-state index is 12.5. The first-order valence-corrected chi connectivity index (χ1v) is 7.67. The molecule has 1 aliphatic rings. The van der Waals surface area contributed by atoms with Gasteiger partial charge < -0.3 is 4.57 Å². The highest BCUT2D eigenvalue weighted by molar-refractivity contribution is 5.82. The van der Waals surface area contributed by atoms with Gasteiger partial charge in [0.1, 0.15) is 5.78 Å². The van der Waals surface area contributed by atoms with Crippen LogP contribution in [0.25, 0.3) is 10.8 Å². The van der Waals surface area contributed by atoms with E-state index in [0.29, 0.717) is 11.7 Å². The van der Waals surface area contributed by atoms with Crippen LogP contribution in [0.2, 0.25) is 0 Å². The molecule has 0 bridgehead atoms. The summed E-state index contributed by atoms with van der Waals surface area (Å²) in [6, 6.07) is 9.91. The van der Waals surface area contributed by atoms with Gasteiger partial charge in [0.25, 0.3) is 5.56 Å². The SMILES string of the molecule is CC(=O)C1CCC(c2cc3ccccc3c(=O)n2C)CC1. The van der Waals surface area contributed by atoms with Crippen molar-refractivity contribution >= 4 is 16.6 Å². The van der Waals surface area contributed by atoms with Crippen LogP contribution in [0, 0.1) is 5.92 Å². The van der Waals surface area contributed by atoms with E-state index in [1.807, 2.05) is 31.3 Å². The highest BCUT2D eigenvalue weighted by Crippen LogP contribution is 2.36. The number of aromatic nitrogens is 1. The molecular formula is C18H21NO2. The van der Waals surface area contributed by atoms with Crippen LogP contribution in [0.4, 0.5) is 0 Å². The summed E-state index contributed by atoms with van der Waals surface area (Å²) in [6.45, 7) is 1.69. The summed E-state index contributed by atoms with van der Waals surface area (Å²) >= 11 is 0. The molecule has 1 aromatic heterocycles. The first-order chi connectivity index (χ1) is 10.1. The van der Waals surface area contributed by atoms with E-state index in [4.69, 9.17) is 0 Å². The van der Waals surface area contributed by atoms with Gasteiger partial charge in [0.05, 0.1) is 0 Å². The Labute approximate surface area is 124 Å². The van der Waals surface area contributed by atoms with Gasteiger partial charge in [-0.25, -0.2) is 0 Å². The van der Waals surface area contributed by atoms with E-state index < -0.39 is 0 Å². The highest BCUT2D eigenvalue weighted by atomic mass is 16.1. The molecule has 1 fully saturated rings. The third-order valence-corrected chi connectivity index (χ3v) is 4.91. The maximum Gasteiger partial charge on any atom is 0.258 e. The predicted octanol–water partition coefficient (Wildman–Crippen LogP) is 3.40. The van der Waals surface area contributed by atoms with E-state index >= 15 is 0 Å². The number of hydrogen-bond donors (Lipinski definition) is 0. The van der Waals surface area contributed by atoms with Gasteiger partial charge in [-0.1, -0.05) is 18.2 Å². The van der Waals surface area contributed by atoms with Gasteiger partial charge in [0.2, 0.25) is 0 Å². The summed E-state index contributed by atoms with van der Waals surface area (Å²) in [5.74, 6) is 0.919. The Balaban J connectivity index is 1.96. The molecule has 3 rings (SSSR count). The molecule has 1 heterocycles. The number of nitrogens with zero attached hydrogens (tertiary/aromatic N) is 1. The van der Waals surface area contributed by atoms with E-state index in [2.05, 4.69) is 6.07 Å². The van der Waals surface area contributed by atoms with Gasteiger partial charge in [-0.15, -0.1) is 0 Å². The highest BCUT2D eigenvalue weighted by Gasteiger charge is 2.26. The molecule has 1 aliphatic carbocycles. The molecule has 1 aromatic carbocycles. The second-order valence-corrected chi connectivity index (χ2v) is 6.18. The average Bonchev–Trinajstić information content (AvgIpc) is 2.51. The number of pyridine rings is 1. The van der Waals surface area contributed by atoms with Crippen LogP contribution in [0.15, 0.2) is 35.1 Å². The quantitative estimate of drug-likeness (QED) is 0.847. The lowest BCUT2D eigenvalue weighted by Crippen LogP contribution is -2.25. The van der Waals surface area contributed by atoms with Gasteiger partial charge in [0, 0.05) is 24.0 Å². The third kappa shape index (κ3) is 2.53. The largest absolute Gasteiger partial charge is 0.315 e. The van der Waals surface area contributed by atoms with Crippen molar-refractivity contribution in [2.45, 2.75) is 38.5 Å². The average molecular weight is 283 g/mol. The second-order valence-electron chi connectivity index (χ2n) is 6.18. The molecule has 3 heteroatoms. The lowest BCUT2D eigenvalue weighted by Gasteiger charge is -2.28. The number of carbonyl (C=O) groups excluding carboxylic acids is 1. The molecule has 0 spiro atoms. The normalized spacial score (nSPS) is 22.4. The van der Waals surface area contributed by atoms with Crippen LogP contribution in [0.3, 0.4) is 0 Å². The molecule has 0 saturated heterocycles. The van der Waals surface area contributed by atoms with Crippen molar-refractivity contribution in [1.82, 2.24) is 4.57 Å². The summed E-state index contributed by atoms with van der Waals surface area (Å²) < 4.78 is 1.79. The Morgan fingerprint density at radius 1 is 1.14 bits per heavy atom. The number of hydrogen-bond acceptors (Lipinski definition) is 2. The zero-order valence-electron chi connectivity index (χ0n) is 12.6. The van der Waals surface area contributed by atoms with Gasteiger partial charge in [0.15, 0.2) is 0 Å². The molecule has 0 aliphatic heterocycles. The Hall–Kier alpha value is -1.90. The van der Waals surface area contributed by atoms with Crippen molar-refractivity contribution in [2.75, 3.05) is 0 Å². The van der Waals surface area contributed by atoms with E-state index in [1.165, 1.54) is 0 Å². The summed E-state index contributed by atoms with van der Waals surface area (Å²) in [7, 11) is 1.86. The van der Waals surface area contributed by atoms with Crippen LogP contribution in [-0.2, 0) is 11.8 Å². The van der Waals surface area contributed by atoms with Crippen molar-refractivity contribution in [3.63, 3.8) is 0 Å². The maximum absolute atomic E-state index is 12.5. The molecule has 0 atom stereocenters. The fourth-order valence-corrected chi connectivity index (χ4v) is 3.56. The van der Waals surface area contributed by atoms with Crippen molar-refractivity contribution in [2.24, 2.45) is 13.0 Å². The smallest absolute Gasteiger partial charge is 0.258 e. The fourth-order valence-electron chi connectivity index (χ4n) is 3.56. The van der Waals surface area contributed by atoms with Gasteiger partial charge in [-0.05, 0) is 56.0 Å². The zero-order valence-corrected chi connectivity index (χ0v) is 12.6. The Bertz CT molecular complexity index is 736. The Morgan fingerprint density at radius 2 is 1.81 bits per heavy atom. The summed E-state index contributed by atoms with van der Waals surface area (Å²) in [6.07, 6.45) is 3.88. The fraction of sp³-hybridized carbons (Fsp3) is 0.444. The van der Waals surface area contributed by atoms with Crippen LogP contribution in [0.1, 0.15) is 44.2 Å². The minimum absolute atomic E-state index is 0.0804. The van der Waals surface area contributed by atoms with Crippen LogP contribution in [-0.4, -0.2) is 10.4 Å². The molecule has 0 amide bonds. The lowest BCUT2D eigenvalue weighted by molar-refractivity contribution is -0.121. The minimum Gasteiger partial charge on any atom is -0.315 e. The zero-order chi connectivity index (χ0) is 15.0. The van der Waals surface area contributed by atoms with E-state index in [0.717, 1.165) is 42.1 Å². The van der Waals surface area contributed by atoms with Crippen LogP contribution in [0.5, 0.6) is 0 Å². The van der Waals surface area contributed by atoms with E-state index in [9.17, 15) is 9.59 Å². The second kappa shape index (κ2) is 5.47. The monoisotopic (exact) mass is 283 g/mol. The summed E-state index contributed by atoms with van der Waals surface area (Å²) in [4.78, 5) is 24.0. The van der Waals surface area contributed by atoms with Crippen LogP contribution < -0.4 is 5.56 Å². The van der Waals surface area contributed by atoms with Crippen LogP contribution >= 0.6 is 0 Å². The number of ketones is 1. The van der Waals surface area contributed by atoms with Crippen molar-refractivity contribution in [3.05, 3.63) is 46.4 Å². The number of carbonyl (C=O) groups is 1. The first-order valence-electron chi connectivity index (χ1n) is 7.67. The molecule has 0 radical (unpaired) electrons. The lowest BCUT2D eigenvalue weighted by atomic mass is 9.78. The van der Waals surface area contributed by atoms with Crippen molar-refractivity contribution in [3.8, 4) is 0 Å². The Morgan fingerprint density at radius 3 is 2.48 bits per heavy atom. The minimum atomic E-state index is 0.0804. The Kier molecular flexibility index (Phi) is 3.66. The third-order valence-electron chi connectivity index (χ3n) is 4.91. The first kappa shape index (κ1) is 14.1. The van der Waals surface area contributed by atoms with Crippen molar-refractivity contribution in [1.29, 1.82) is 0 Å². The predicted molar refractivity (Wildman–Crippen MR) is 84.6 cm³/mol. The molecular weight excluding hydrogens is 262 g/mol. The molecule has 0 N–H and O–H groups in total. The van der Waals surface area contributed by atoms with E-state index in [1.54, 1.807) is 11.5 Å². The van der Waals surface area contributed by atoms with E-state index in [-0.39, 0.29) is 11.5 Å². The van der Waals surface area contributed by atoms with Crippen molar-refractivity contribution < 1.29 is 4.79 Å². The van der Waals surface area contributed by atoms with Gasteiger partial charge in [-0.3, -0.25) is 9.59 Å². The summed E-state index contributed by atoms with van der Waals surface area (Å²) in [5, 5.41) is 1.80. The van der Waals surface area contributed by atoms with Gasteiger partial charge >= 0.3 is 0 Å². The van der Waals surface area contributed by atoms with Gasteiger partial charge in [-0.2, -0.15) is 0 Å². The summed E-state index contributed by atoms with van der Waals surface area (Å²) in [5.41, 5.74) is 1.19. The number of fused-ring (bicyclic) bond motifs is 1. The molecule has 2 aromatic rings. The standard InChI is InChI=1S/C18H21NO2/c1-12(20)13-7-9-14(10-8-13)17-11-15-5-3-4-6-16(15)18(21)19(17)2/h3-6,11,13-14H,7-10H2,1-2H3. The molecule has 21 heavy (non-hydrogen) atoms. The molecule has 3 nitrogen and oxygen atoms in total. The topological polar surface area (TPSA) is 39.1 Å². The molecule has 0 unspecified atom stereocenters. The number of rotatable bonds is 2. The number of Topliss-reactive ketones (excluding diaryl/α,β-unsaturated/α-hetero) is 1.